The first-order valence-corrected chi connectivity index (χ1v) is 10.2. The lowest BCUT2D eigenvalue weighted by Gasteiger charge is -2.34. The highest BCUT2D eigenvalue weighted by atomic mass is 19.3. The molecule has 1 amide bonds. The van der Waals surface area contributed by atoms with Crippen LogP contribution in [0.3, 0.4) is 0 Å². The Balaban J connectivity index is 1.60. The molecule has 1 aromatic carbocycles. The third kappa shape index (κ3) is 3.37. The van der Waals surface area contributed by atoms with Crippen molar-refractivity contribution in [3.8, 4) is 0 Å². The lowest BCUT2D eigenvalue weighted by Crippen LogP contribution is -2.42. The maximum atomic E-state index is 14.1. The van der Waals surface area contributed by atoms with E-state index in [4.69, 9.17) is 0 Å². The molecule has 1 aliphatic rings. The van der Waals surface area contributed by atoms with Crippen LogP contribution >= 0.6 is 0 Å². The predicted octanol–water partition coefficient (Wildman–Crippen LogP) is 3.91. The third-order valence-electron chi connectivity index (χ3n) is 6.08. The lowest BCUT2D eigenvalue weighted by atomic mass is 9.93. The normalized spacial score (nSPS) is 15.9. The van der Waals surface area contributed by atoms with E-state index in [2.05, 4.69) is 10.3 Å². The van der Waals surface area contributed by atoms with Crippen LogP contribution in [0.4, 0.5) is 17.6 Å². The summed E-state index contributed by atoms with van der Waals surface area (Å²) in [5.41, 5.74) is 0.825. The van der Waals surface area contributed by atoms with Gasteiger partial charge in [-0.25, -0.2) is 17.6 Å². The quantitative estimate of drug-likeness (QED) is 0.458. The fraction of sp³-hybridized carbons (Fsp3) is 0.217. The number of carbonyl (C=O) groups is 1. The number of aromatic amines is 1. The van der Waals surface area contributed by atoms with Crippen LogP contribution in [-0.2, 0) is 6.54 Å². The molecule has 0 fully saturated rings. The van der Waals surface area contributed by atoms with E-state index in [9.17, 15) is 27.2 Å². The minimum Gasteiger partial charge on any atom is -0.333 e. The largest absolute Gasteiger partial charge is 0.333 e. The minimum atomic E-state index is -2.71. The van der Waals surface area contributed by atoms with Crippen molar-refractivity contribution in [3.63, 3.8) is 0 Å². The summed E-state index contributed by atoms with van der Waals surface area (Å²) < 4.78 is 55.8. The van der Waals surface area contributed by atoms with Gasteiger partial charge in [0.25, 0.3) is 17.9 Å². The van der Waals surface area contributed by atoms with E-state index in [0.29, 0.717) is 23.3 Å². The van der Waals surface area contributed by atoms with E-state index < -0.39 is 35.6 Å². The monoisotopic (exact) mass is 458 g/mol. The van der Waals surface area contributed by atoms with Gasteiger partial charge in [0.1, 0.15) is 0 Å². The molecular formula is C23H18F4N4O2. The Labute approximate surface area is 184 Å². The Bertz CT molecular complexity index is 1480. The number of H-pyrrole nitrogens is 1. The van der Waals surface area contributed by atoms with Gasteiger partial charge >= 0.3 is 0 Å². The number of fused-ring (bicyclic) bond motifs is 4. The van der Waals surface area contributed by atoms with Crippen molar-refractivity contribution in [2.24, 2.45) is 0 Å². The molecule has 3 aromatic heterocycles. The van der Waals surface area contributed by atoms with E-state index in [1.165, 1.54) is 40.7 Å². The standard InChI is InChI=1S/C23H18F4N4O2/c1-30(23(33)11-5-12-3-2-4-18(21(26)27)31(12)10-11)19-9-28-8-17-20(19)13-6-15(24)16(25)7-14(13)22(32)29-17/h2-7,10,19,21,28H,8-9H2,1H3,(H,29,32). The Hall–Kier alpha value is -3.66. The van der Waals surface area contributed by atoms with Crippen molar-refractivity contribution in [3.05, 3.63) is 87.1 Å². The molecule has 0 aliphatic carbocycles. The van der Waals surface area contributed by atoms with Gasteiger partial charge in [0.15, 0.2) is 11.6 Å². The van der Waals surface area contributed by atoms with Crippen LogP contribution in [0.1, 0.15) is 39.8 Å². The van der Waals surface area contributed by atoms with Crippen molar-refractivity contribution in [1.82, 2.24) is 19.6 Å². The molecule has 6 nitrogen and oxygen atoms in total. The van der Waals surface area contributed by atoms with Gasteiger partial charge < -0.3 is 19.6 Å². The second kappa shape index (κ2) is 7.73. The lowest BCUT2D eigenvalue weighted by molar-refractivity contribution is 0.0723. The third-order valence-corrected chi connectivity index (χ3v) is 6.08. The molecule has 0 saturated carbocycles. The van der Waals surface area contributed by atoms with Crippen LogP contribution in [0.2, 0.25) is 0 Å². The Morgan fingerprint density at radius 3 is 2.61 bits per heavy atom. The fourth-order valence-corrected chi connectivity index (χ4v) is 4.48. The summed E-state index contributed by atoms with van der Waals surface area (Å²) in [4.78, 5) is 29.8. The summed E-state index contributed by atoms with van der Waals surface area (Å²) in [7, 11) is 1.54. The SMILES string of the molecule is CN(C(=O)c1cc2cccc(C(F)F)n2c1)C1CNCc2[nH]c(=O)c3cc(F)c(F)cc3c21. The molecule has 0 radical (unpaired) electrons. The Morgan fingerprint density at radius 2 is 1.88 bits per heavy atom. The first kappa shape index (κ1) is 21.2. The number of likely N-dealkylation sites (N-methyl/N-ethyl adjacent to an activating group) is 1. The number of carbonyl (C=O) groups excluding carboxylic acids is 1. The van der Waals surface area contributed by atoms with Crippen LogP contribution < -0.4 is 10.9 Å². The smallest absolute Gasteiger partial charge is 0.278 e. The Morgan fingerprint density at radius 1 is 1.15 bits per heavy atom. The average molecular weight is 458 g/mol. The van der Waals surface area contributed by atoms with Gasteiger partial charge in [-0.05, 0) is 35.7 Å². The number of hydrogen-bond donors (Lipinski definition) is 2. The zero-order valence-corrected chi connectivity index (χ0v) is 17.3. The zero-order chi connectivity index (χ0) is 23.4. The van der Waals surface area contributed by atoms with E-state index in [0.717, 1.165) is 12.1 Å². The van der Waals surface area contributed by atoms with Gasteiger partial charge in [-0.3, -0.25) is 9.59 Å². The van der Waals surface area contributed by atoms with E-state index >= 15 is 0 Å². The molecule has 0 saturated heterocycles. The summed E-state index contributed by atoms with van der Waals surface area (Å²) in [5.74, 6) is -2.68. The summed E-state index contributed by atoms with van der Waals surface area (Å²) in [5, 5.41) is 3.32. The number of rotatable bonds is 3. The summed E-state index contributed by atoms with van der Waals surface area (Å²) in [6, 6.07) is 7.11. The number of alkyl halides is 2. The highest BCUT2D eigenvalue weighted by molar-refractivity contribution is 5.96. The van der Waals surface area contributed by atoms with Crippen molar-refractivity contribution >= 4 is 22.2 Å². The molecule has 2 N–H and O–H groups in total. The number of nitrogens with one attached hydrogen (secondary N) is 2. The number of nitrogens with zero attached hydrogens (tertiary/aromatic N) is 2. The molecule has 0 spiro atoms. The molecule has 4 heterocycles. The van der Waals surface area contributed by atoms with Gasteiger partial charge in [0.2, 0.25) is 0 Å². The number of amides is 1. The van der Waals surface area contributed by atoms with E-state index in [1.807, 2.05) is 0 Å². The van der Waals surface area contributed by atoms with Crippen molar-refractivity contribution < 1.29 is 22.4 Å². The zero-order valence-electron chi connectivity index (χ0n) is 17.3. The highest BCUT2D eigenvalue weighted by Crippen LogP contribution is 2.33. The number of hydrogen-bond acceptors (Lipinski definition) is 3. The first-order valence-electron chi connectivity index (χ1n) is 10.2. The summed E-state index contributed by atoms with van der Waals surface area (Å²) >= 11 is 0. The number of halogens is 4. The molecule has 4 aromatic rings. The maximum absolute atomic E-state index is 14.1. The minimum absolute atomic E-state index is 0.0171. The number of benzene rings is 1. The summed E-state index contributed by atoms with van der Waals surface area (Å²) in [6.45, 7) is 0.580. The molecule has 0 bridgehead atoms. The first-order chi connectivity index (χ1) is 15.8. The predicted molar refractivity (Wildman–Crippen MR) is 113 cm³/mol. The van der Waals surface area contributed by atoms with Crippen LogP contribution in [0.25, 0.3) is 16.3 Å². The number of pyridine rings is 2. The molecule has 10 heteroatoms. The molecule has 5 rings (SSSR count). The molecule has 1 atom stereocenters. The van der Waals surface area contributed by atoms with Gasteiger partial charge in [0, 0.05) is 43.1 Å². The van der Waals surface area contributed by atoms with Gasteiger partial charge in [-0.15, -0.1) is 0 Å². The second-order valence-corrected chi connectivity index (χ2v) is 8.00. The van der Waals surface area contributed by atoms with Crippen LogP contribution in [-0.4, -0.2) is 33.8 Å². The Kier molecular flexibility index (Phi) is 4.97. The molecule has 1 aliphatic heterocycles. The number of aromatic nitrogens is 2. The van der Waals surface area contributed by atoms with Crippen molar-refractivity contribution in [2.75, 3.05) is 13.6 Å². The van der Waals surface area contributed by atoms with Gasteiger partial charge in [-0.1, -0.05) is 6.07 Å². The average Bonchev–Trinajstić information content (AvgIpc) is 3.23. The van der Waals surface area contributed by atoms with E-state index in [1.54, 1.807) is 6.07 Å². The van der Waals surface area contributed by atoms with E-state index in [-0.39, 0.29) is 28.6 Å². The fourth-order valence-electron chi connectivity index (χ4n) is 4.48. The van der Waals surface area contributed by atoms with Crippen LogP contribution in [0, 0.1) is 11.6 Å². The molecular weight excluding hydrogens is 440 g/mol. The molecule has 33 heavy (non-hydrogen) atoms. The second-order valence-electron chi connectivity index (χ2n) is 8.00. The van der Waals surface area contributed by atoms with Crippen molar-refractivity contribution in [1.29, 1.82) is 0 Å². The molecule has 170 valence electrons. The van der Waals surface area contributed by atoms with Gasteiger partial charge in [0.05, 0.1) is 22.7 Å². The highest BCUT2D eigenvalue weighted by Gasteiger charge is 2.31. The topological polar surface area (TPSA) is 69.6 Å². The summed E-state index contributed by atoms with van der Waals surface area (Å²) in [6.07, 6.45) is -1.36. The van der Waals surface area contributed by atoms with Crippen LogP contribution in [0.5, 0.6) is 0 Å². The molecule has 1 unspecified atom stereocenters. The van der Waals surface area contributed by atoms with Crippen LogP contribution in [0.15, 0.2) is 47.4 Å². The maximum Gasteiger partial charge on any atom is 0.278 e. The van der Waals surface area contributed by atoms with Crippen molar-refractivity contribution in [2.45, 2.75) is 19.0 Å². The van der Waals surface area contributed by atoms with Gasteiger partial charge in [-0.2, -0.15) is 0 Å².